The molecule has 108 valence electrons. The van der Waals surface area contributed by atoms with Crippen molar-refractivity contribution in [2.24, 2.45) is 0 Å². The number of rotatable bonds is 4. The van der Waals surface area contributed by atoms with E-state index < -0.39 is 21.0 Å². The van der Waals surface area contributed by atoms with E-state index in [0.29, 0.717) is 5.69 Å². The Morgan fingerprint density at radius 2 is 2.05 bits per heavy atom. The van der Waals surface area contributed by atoms with Crippen LogP contribution in [0.1, 0.15) is 19.6 Å². The fourth-order valence-electron chi connectivity index (χ4n) is 1.91. The molecule has 1 N–H and O–H groups in total. The molecule has 0 fully saturated rings. The van der Waals surface area contributed by atoms with E-state index in [1.165, 1.54) is 13.8 Å². The van der Waals surface area contributed by atoms with Gasteiger partial charge in [-0.25, -0.2) is 8.42 Å². The highest BCUT2D eigenvalue weighted by atomic mass is 32.2. The molecular formula is C14H17NO4S. The molecule has 6 heteroatoms. The minimum atomic E-state index is -3.39. The number of aryl methyl sites for hydroxylation is 1. The van der Waals surface area contributed by atoms with Crippen LogP contribution >= 0.6 is 0 Å². The van der Waals surface area contributed by atoms with Gasteiger partial charge in [-0.1, -0.05) is 6.92 Å². The highest BCUT2D eigenvalue weighted by Gasteiger charge is 2.26. The summed E-state index contributed by atoms with van der Waals surface area (Å²) in [7, 11) is -3.39. The fraction of sp³-hybridized carbons (Fsp3) is 0.357. The second kappa shape index (κ2) is 5.28. The topological polar surface area (TPSA) is 76.4 Å². The predicted octanol–water partition coefficient (Wildman–Crippen LogP) is 2.50. The first-order chi connectivity index (χ1) is 9.33. The number of benzene rings is 1. The maximum Gasteiger partial charge on any atom is 0.242 e. The summed E-state index contributed by atoms with van der Waals surface area (Å²) in [5.41, 5.74) is 1.29. The number of amides is 1. The molecule has 0 aliphatic heterocycles. The Kier molecular flexibility index (Phi) is 3.85. The van der Waals surface area contributed by atoms with E-state index in [-0.39, 0.29) is 5.75 Å². The van der Waals surface area contributed by atoms with Crippen LogP contribution in [0.3, 0.4) is 0 Å². The van der Waals surface area contributed by atoms with E-state index in [1.807, 2.05) is 13.0 Å². The maximum atomic E-state index is 11.9. The van der Waals surface area contributed by atoms with Gasteiger partial charge in [-0.3, -0.25) is 4.79 Å². The van der Waals surface area contributed by atoms with Gasteiger partial charge in [-0.2, -0.15) is 0 Å². The Bertz CT molecular complexity index is 746. The lowest BCUT2D eigenvalue weighted by atomic mass is 10.2. The highest BCUT2D eigenvalue weighted by Crippen LogP contribution is 2.22. The van der Waals surface area contributed by atoms with Crippen molar-refractivity contribution in [1.82, 2.24) is 0 Å². The molecular weight excluding hydrogens is 278 g/mol. The summed E-state index contributed by atoms with van der Waals surface area (Å²) in [4.78, 5) is 11.9. The lowest BCUT2D eigenvalue weighted by Crippen LogP contribution is -2.33. The molecule has 0 saturated heterocycles. The first kappa shape index (κ1) is 14.6. The quantitative estimate of drug-likeness (QED) is 0.940. The average Bonchev–Trinajstić information content (AvgIpc) is 2.77. The zero-order valence-corrected chi connectivity index (χ0v) is 12.5. The van der Waals surface area contributed by atoms with Crippen molar-refractivity contribution in [2.75, 3.05) is 11.1 Å². The fourth-order valence-corrected chi connectivity index (χ4v) is 2.80. The maximum absolute atomic E-state index is 11.9. The molecule has 1 atom stereocenters. The van der Waals surface area contributed by atoms with E-state index in [9.17, 15) is 13.2 Å². The number of fused-ring (bicyclic) bond motifs is 1. The van der Waals surface area contributed by atoms with Gasteiger partial charge in [0, 0.05) is 16.8 Å². The Hall–Kier alpha value is -1.82. The third kappa shape index (κ3) is 2.85. The standard InChI is InChI=1S/C14H17NO4S/c1-4-20(17,18)10(3)14(16)15-12-5-6-13-11(8-12)7-9(2)19-13/h5-8,10H,4H2,1-3H3,(H,15,16). The smallest absolute Gasteiger partial charge is 0.242 e. The molecule has 0 aliphatic rings. The van der Waals surface area contributed by atoms with Gasteiger partial charge in [0.05, 0.1) is 0 Å². The molecule has 1 aromatic heterocycles. The number of sulfone groups is 1. The molecule has 0 saturated carbocycles. The van der Waals surface area contributed by atoms with Gasteiger partial charge in [0.15, 0.2) is 9.84 Å². The summed E-state index contributed by atoms with van der Waals surface area (Å²) < 4.78 is 28.8. The van der Waals surface area contributed by atoms with Crippen LogP contribution in [0.5, 0.6) is 0 Å². The van der Waals surface area contributed by atoms with Crippen molar-refractivity contribution in [3.63, 3.8) is 0 Å². The number of nitrogens with one attached hydrogen (secondary N) is 1. The summed E-state index contributed by atoms with van der Waals surface area (Å²) in [6.07, 6.45) is 0. The summed E-state index contributed by atoms with van der Waals surface area (Å²) >= 11 is 0. The second-order valence-corrected chi connectivity index (χ2v) is 7.30. The van der Waals surface area contributed by atoms with E-state index in [1.54, 1.807) is 18.2 Å². The van der Waals surface area contributed by atoms with E-state index in [0.717, 1.165) is 16.7 Å². The molecule has 1 aromatic carbocycles. The van der Waals surface area contributed by atoms with Crippen LogP contribution in [0, 0.1) is 6.92 Å². The van der Waals surface area contributed by atoms with Crippen LogP contribution in [-0.4, -0.2) is 25.3 Å². The predicted molar refractivity (Wildman–Crippen MR) is 78.5 cm³/mol. The van der Waals surface area contributed by atoms with Gasteiger partial charge in [-0.15, -0.1) is 0 Å². The molecule has 5 nitrogen and oxygen atoms in total. The van der Waals surface area contributed by atoms with Crippen molar-refractivity contribution in [2.45, 2.75) is 26.0 Å². The number of hydrogen-bond acceptors (Lipinski definition) is 4. The molecule has 0 spiro atoms. The van der Waals surface area contributed by atoms with Gasteiger partial charge in [0.25, 0.3) is 0 Å². The average molecular weight is 295 g/mol. The van der Waals surface area contributed by atoms with Crippen molar-refractivity contribution in [1.29, 1.82) is 0 Å². The third-order valence-corrected chi connectivity index (χ3v) is 5.31. The number of hydrogen-bond donors (Lipinski definition) is 1. The van der Waals surface area contributed by atoms with Gasteiger partial charge >= 0.3 is 0 Å². The summed E-state index contributed by atoms with van der Waals surface area (Å²) in [6.45, 7) is 4.77. The van der Waals surface area contributed by atoms with Crippen LogP contribution in [0.4, 0.5) is 5.69 Å². The lowest BCUT2D eigenvalue weighted by Gasteiger charge is -2.12. The second-order valence-electron chi connectivity index (χ2n) is 4.69. The zero-order chi connectivity index (χ0) is 14.9. The van der Waals surface area contributed by atoms with Crippen LogP contribution in [0.25, 0.3) is 11.0 Å². The minimum absolute atomic E-state index is 0.0540. The van der Waals surface area contributed by atoms with Crippen LogP contribution in [0.2, 0.25) is 0 Å². The Morgan fingerprint density at radius 1 is 1.35 bits per heavy atom. The molecule has 1 amide bonds. The van der Waals surface area contributed by atoms with Gasteiger partial charge in [0.1, 0.15) is 16.6 Å². The van der Waals surface area contributed by atoms with E-state index >= 15 is 0 Å². The molecule has 1 heterocycles. The van der Waals surface area contributed by atoms with Crippen molar-refractivity contribution >= 4 is 32.4 Å². The SMILES string of the molecule is CCS(=O)(=O)C(C)C(=O)Nc1ccc2oc(C)cc2c1. The molecule has 0 bridgehead atoms. The first-order valence-electron chi connectivity index (χ1n) is 6.36. The summed E-state index contributed by atoms with van der Waals surface area (Å²) in [5.74, 6) is 0.207. The molecule has 2 rings (SSSR count). The number of carbonyl (C=O) groups is 1. The number of carbonyl (C=O) groups excluding carboxylic acids is 1. The molecule has 2 aromatic rings. The Labute approximate surface area is 117 Å². The largest absolute Gasteiger partial charge is 0.461 e. The molecule has 0 radical (unpaired) electrons. The van der Waals surface area contributed by atoms with E-state index in [2.05, 4.69) is 5.32 Å². The summed E-state index contributed by atoms with van der Waals surface area (Å²) in [5, 5.41) is 2.43. The lowest BCUT2D eigenvalue weighted by molar-refractivity contribution is -0.115. The van der Waals surface area contributed by atoms with E-state index in [4.69, 9.17) is 4.42 Å². The molecule has 1 unspecified atom stereocenters. The van der Waals surface area contributed by atoms with Gasteiger partial charge < -0.3 is 9.73 Å². The molecule has 0 aliphatic carbocycles. The first-order valence-corrected chi connectivity index (χ1v) is 8.07. The van der Waals surface area contributed by atoms with Crippen LogP contribution < -0.4 is 5.32 Å². The summed E-state index contributed by atoms with van der Waals surface area (Å²) in [6, 6.07) is 7.05. The number of furan rings is 1. The van der Waals surface area contributed by atoms with Crippen molar-refractivity contribution in [3.8, 4) is 0 Å². The third-order valence-electron chi connectivity index (χ3n) is 3.22. The normalized spacial score (nSPS) is 13.3. The highest BCUT2D eigenvalue weighted by molar-refractivity contribution is 7.92. The van der Waals surface area contributed by atoms with Crippen LogP contribution in [0.15, 0.2) is 28.7 Å². The van der Waals surface area contributed by atoms with Crippen molar-refractivity contribution in [3.05, 3.63) is 30.0 Å². The number of anilines is 1. The zero-order valence-electron chi connectivity index (χ0n) is 11.6. The minimum Gasteiger partial charge on any atom is -0.461 e. The van der Waals surface area contributed by atoms with Gasteiger partial charge in [0.2, 0.25) is 5.91 Å². The molecule has 20 heavy (non-hydrogen) atoms. The van der Waals surface area contributed by atoms with Crippen LogP contribution in [-0.2, 0) is 14.6 Å². The Morgan fingerprint density at radius 3 is 2.70 bits per heavy atom. The van der Waals surface area contributed by atoms with Crippen molar-refractivity contribution < 1.29 is 17.6 Å². The van der Waals surface area contributed by atoms with Gasteiger partial charge in [-0.05, 0) is 38.1 Å². The monoisotopic (exact) mass is 295 g/mol. The Balaban J connectivity index is 2.21.